The Kier molecular flexibility index (Phi) is 8.16. The molecule has 0 aliphatic carbocycles. The minimum Gasteiger partial charge on any atom is -0.497 e. The summed E-state index contributed by atoms with van der Waals surface area (Å²) < 4.78 is 16.0. The summed E-state index contributed by atoms with van der Waals surface area (Å²) in [6, 6.07) is 5.36. The molecule has 2 atom stereocenters. The molecule has 1 aromatic carbocycles. The molecule has 0 saturated carbocycles. The van der Waals surface area contributed by atoms with E-state index in [1.807, 2.05) is 25.1 Å². The lowest BCUT2D eigenvalue weighted by molar-refractivity contribution is -0.128. The number of morpholine rings is 1. The number of rotatable bonds is 6. The largest absolute Gasteiger partial charge is 0.497 e. The van der Waals surface area contributed by atoms with Crippen molar-refractivity contribution in [1.82, 2.24) is 10.6 Å². The average molecular weight is 345 g/mol. The van der Waals surface area contributed by atoms with Crippen LogP contribution < -0.4 is 20.1 Å². The van der Waals surface area contributed by atoms with Gasteiger partial charge in [-0.1, -0.05) is 0 Å². The Bertz CT molecular complexity index is 513. The molecule has 0 bridgehead atoms. The molecule has 130 valence electrons. The summed E-state index contributed by atoms with van der Waals surface area (Å²) in [5, 5.41) is 6.12. The molecule has 7 heteroatoms. The molecule has 1 aliphatic rings. The van der Waals surface area contributed by atoms with Gasteiger partial charge in [-0.3, -0.25) is 4.79 Å². The van der Waals surface area contributed by atoms with E-state index in [9.17, 15) is 4.79 Å². The van der Waals surface area contributed by atoms with Crippen LogP contribution in [0.15, 0.2) is 18.2 Å². The van der Waals surface area contributed by atoms with Crippen molar-refractivity contribution >= 4 is 18.3 Å². The van der Waals surface area contributed by atoms with Crippen molar-refractivity contribution in [2.24, 2.45) is 0 Å². The summed E-state index contributed by atoms with van der Waals surface area (Å²) in [6.07, 6.45) is 0.564. The van der Waals surface area contributed by atoms with Gasteiger partial charge in [-0.25, -0.2) is 0 Å². The Morgan fingerprint density at radius 1 is 1.39 bits per heavy atom. The number of methoxy groups -OCH3 is 2. The van der Waals surface area contributed by atoms with Crippen LogP contribution in [0.1, 0.15) is 12.5 Å². The van der Waals surface area contributed by atoms with Crippen LogP contribution in [0.25, 0.3) is 0 Å². The molecule has 0 radical (unpaired) electrons. The molecule has 6 nitrogen and oxygen atoms in total. The van der Waals surface area contributed by atoms with Crippen molar-refractivity contribution in [2.45, 2.75) is 25.5 Å². The summed E-state index contributed by atoms with van der Waals surface area (Å²) >= 11 is 0. The molecule has 0 unspecified atom stereocenters. The van der Waals surface area contributed by atoms with Crippen molar-refractivity contribution in [2.75, 3.05) is 33.9 Å². The summed E-state index contributed by atoms with van der Waals surface area (Å²) in [5.74, 6) is 1.54. The number of amides is 1. The van der Waals surface area contributed by atoms with E-state index in [0.29, 0.717) is 26.1 Å². The first-order valence-electron chi connectivity index (χ1n) is 7.49. The number of halogens is 1. The first kappa shape index (κ1) is 19.5. The molecule has 1 aromatic rings. The second-order valence-corrected chi connectivity index (χ2v) is 5.23. The van der Waals surface area contributed by atoms with E-state index in [2.05, 4.69) is 10.6 Å². The Morgan fingerprint density at radius 3 is 2.83 bits per heavy atom. The Morgan fingerprint density at radius 2 is 2.17 bits per heavy atom. The summed E-state index contributed by atoms with van der Waals surface area (Å²) in [6.45, 7) is 3.78. The second-order valence-electron chi connectivity index (χ2n) is 5.23. The van der Waals surface area contributed by atoms with Gasteiger partial charge < -0.3 is 24.8 Å². The maximum Gasteiger partial charge on any atom is 0.239 e. The van der Waals surface area contributed by atoms with Crippen LogP contribution in [-0.2, 0) is 16.0 Å². The summed E-state index contributed by atoms with van der Waals surface area (Å²) in [5.41, 5.74) is 1.00. The standard InChI is InChI=1S/C16H24N2O4.ClH/c1-11-15(17-8-9-22-11)16(19)18-7-6-12-10-13(20-2)4-5-14(12)21-3;/h4-5,10-11,15,17H,6-9H2,1-3H3,(H,18,19);1H/t11-,15+;/m1./s1. The molecule has 1 saturated heterocycles. The maximum absolute atomic E-state index is 12.2. The number of nitrogens with one attached hydrogen (secondary N) is 2. The molecule has 23 heavy (non-hydrogen) atoms. The topological polar surface area (TPSA) is 68.8 Å². The predicted octanol–water partition coefficient (Wildman–Crippen LogP) is 1.16. The monoisotopic (exact) mass is 344 g/mol. The molecule has 1 aliphatic heterocycles. The molecule has 2 rings (SSSR count). The molecular formula is C16H25ClN2O4. The highest BCUT2D eigenvalue weighted by Crippen LogP contribution is 2.24. The molecule has 0 spiro atoms. The van der Waals surface area contributed by atoms with Crippen LogP contribution in [0.2, 0.25) is 0 Å². The van der Waals surface area contributed by atoms with E-state index in [1.165, 1.54) is 0 Å². The fraction of sp³-hybridized carbons (Fsp3) is 0.562. The summed E-state index contributed by atoms with van der Waals surface area (Å²) in [7, 11) is 3.26. The van der Waals surface area contributed by atoms with E-state index in [0.717, 1.165) is 17.1 Å². The molecule has 1 fully saturated rings. The van der Waals surface area contributed by atoms with Gasteiger partial charge in [-0.2, -0.15) is 0 Å². The van der Waals surface area contributed by atoms with E-state index >= 15 is 0 Å². The van der Waals surface area contributed by atoms with Crippen molar-refractivity contribution in [3.8, 4) is 11.5 Å². The molecule has 2 N–H and O–H groups in total. The Hall–Kier alpha value is -1.50. The normalized spacial score (nSPS) is 20.3. The number of ether oxygens (including phenoxy) is 3. The van der Waals surface area contributed by atoms with Gasteiger partial charge in [0.15, 0.2) is 0 Å². The molecular weight excluding hydrogens is 320 g/mol. The zero-order valence-electron chi connectivity index (χ0n) is 13.8. The van der Waals surface area contributed by atoms with Crippen LogP contribution in [-0.4, -0.2) is 52.0 Å². The van der Waals surface area contributed by atoms with E-state index < -0.39 is 0 Å². The molecule has 1 heterocycles. The highest BCUT2D eigenvalue weighted by Gasteiger charge is 2.27. The SMILES string of the molecule is COc1ccc(OC)c(CCNC(=O)[C@H]2NCCO[C@@H]2C)c1.Cl. The van der Waals surface area contributed by atoms with Crippen molar-refractivity contribution < 1.29 is 19.0 Å². The highest BCUT2D eigenvalue weighted by molar-refractivity contribution is 5.85. The molecule has 0 aromatic heterocycles. The van der Waals surface area contributed by atoms with Gasteiger partial charge in [0, 0.05) is 13.1 Å². The van der Waals surface area contributed by atoms with Crippen LogP contribution >= 0.6 is 12.4 Å². The first-order chi connectivity index (χ1) is 10.7. The highest BCUT2D eigenvalue weighted by atomic mass is 35.5. The van der Waals surface area contributed by atoms with Gasteiger partial charge in [0.05, 0.1) is 26.9 Å². The fourth-order valence-electron chi connectivity index (χ4n) is 2.53. The zero-order valence-corrected chi connectivity index (χ0v) is 14.6. The second kappa shape index (κ2) is 9.60. The smallest absolute Gasteiger partial charge is 0.239 e. The lowest BCUT2D eigenvalue weighted by Gasteiger charge is -2.29. The van der Waals surface area contributed by atoms with Gasteiger partial charge in [0.2, 0.25) is 5.91 Å². The fourth-order valence-corrected chi connectivity index (χ4v) is 2.53. The first-order valence-corrected chi connectivity index (χ1v) is 7.49. The molecule has 1 amide bonds. The Balaban J connectivity index is 0.00000264. The van der Waals surface area contributed by atoms with Crippen molar-refractivity contribution in [3.63, 3.8) is 0 Å². The number of carbonyl (C=O) groups is 1. The maximum atomic E-state index is 12.2. The number of hydrogen-bond donors (Lipinski definition) is 2. The lowest BCUT2D eigenvalue weighted by atomic mass is 10.1. The van der Waals surface area contributed by atoms with Crippen molar-refractivity contribution in [1.29, 1.82) is 0 Å². The minimum atomic E-state index is -0.291. The van der Waals surface area contributed by atoms with Crippen LogP contribution in [0, 0.1) is 0 Å². The van der Waals surface area contributed by atoms with Crippen LogP contribution in [0.5, 0.6) is 11.5 Å². The van der Waals surface area contributed by atoms with Gasteiger partial charge in [-0.15, -0.1) is 12.4 Å². The summed E-state index contributed by atoms with van der Waals surface area (Å²) in [4.78, 5) is 12.2. The third kappa shape index (κ3) is 5.27. The number of benzene rings is 1. The van der Waals surface area contributed by atoms with E-state index in [1.54, 1.807) is 14.2 Å². The minimum absolute atomic E-state index is 0. The number of carbonyl (C=O) groups excluding carboxylic acids is 1. The third-order valence-corrected chi connectivity index (χ3v) is 3.78. The van der Waals surface area contributed by atoms with Crippen LogP contribution in [0.3, 0.4) is 0 Å². The third-order valence-electron chi connectivity index (χ3n) is 3.78. The van der Waals surface area contributed by atoms with Gasteiger partial charge in [-0.05, 0) is 37.1 Å². The number of hydrogen-bond acceptors (Lipinski definition) is 5. The predicted molar refractivity (Wildman–Crippen MR) is 90.7 cm³/mol. The van der Waals surface area contributed by atoms with E-state index in [-0.39, 0.29) is 30.5 Å². The Labute approximate surface area is 143 Å². The van der Waals surface area contributed by atoms with Gasteiger partial charge in [0.25, 0.3) is 0 Å². The van der Waals surface area contributed by atoms with E-state index in [4.69, 9.17) is 14.2 Å². The van der Waals surface area contributed by atoms with Crippen LogP contribution in [0.4, 0.5) is 0 Å². The zero-order chi connectivity index (χ0) is 15.9. The van der Waals surface area contributed by atoms with Gasteiger partial charge >= 0.3 is 0 Å². The lowest BCUT2D eigenvalue weighted by Crippen LogP contribution is -2.55. The quantitative estimate of drug-likeness (QED) is 0.810. The van der Waals surface area contributed by atoms with Gasteiger partial charge in [0.1, 0.15) is 17.5 Å². The average Bonchev–Trinajstić information content (AvgIpc) is 2.55. The van der Waals surface area contributed by atoms with Crippen molar-refractivity contribution in [3.05, 3.63) is 23.8 Å².